The molecule has 1 aliphatic carbocycles. The number of nitrogens with one attached hydrogen (secondary N) is 1. The lowest BCUT2D eigenvalue weighted by atomic mass is 9.82. The number of carboxylic acid groups (broad SMARTS) is 1. The van der Waals surface area contributed by atoms with Crippen LogP contribution in [0.15, 0.2) is 0 Å². The molecule has 1 fully saturated rings. The second-order valence-electron chi connectivity index (χ2n) is 5.92. The molecule has 2 N–H and O–H groups in total. The molecule has 4 heteroatoms. The zero-order chi connectivity index (χ0) is 14.3. The molecule has 19 heavy (non-hydrogen) atoms. The minimum absolute atomic E-state index is 0.121. The van der Waals surface area contributed by atoms with Crippen LogP contribution < -0.4 is 5.32 Å². The van der Waals surface area contributed by atoms with E-state index in [1.54, 1.807) is 0 Å². The minimum atomic E-state index is -0.744. The summed E-state index contributed by atoms with van der Waals surface area (Å²) in [7, 11) is 0. The second-order valence-corrected chi connectivity index (χ2v) is 5.92. The molecular weight excluding hydrogens is 242 g/mol. The molecule has 0 aliphatic heterocycles. The van der Waals surface area contributed by atoms with Crippen LogP contribution in [0.1, 0.15) is 65.2 Å². The molecule has 0 spiro atoms. The van der Waals surface area contributed by atoms with Crippen LogP contribution in [0.2, 0.25) is 0 Å². The molecule has 1 amide bonds. The Morgan fingerprint density at radius 3 is 2.42 bits per heavy atom. The standard InChI is InChI=1S/C15H27NO3/c1-3-15(9-4-5-10-15)14(19)16-11-8-12(2)6-7-13(17)18/h12H,3-11H2,1-2H3,(H,16,19)(H,17,18). The fourth-order valence-corrected chi connectivity index (χ4v) is 2.93. The molecule has 110 valence electrons. The van der Waals surface area contributed by atoms with E-state index in [2.05, 4.69) is 12.2 Å². The van der Waals surface area contributed by atoms with Crippen LogP contribution in [-0.2, 0) is 9.59 Å². The van der Waals surface area contributed by atoms with Gasteiger partial charge in [0.05, 0.1) is 0 Å². The van der Waals surface area contributed by atoms with E-state index < -0.39 is 5.97 Å². The van der Waals surface area contributed by atoms with Crippen LogP contribution in [0.4, 0.5) is 0 Å². The number of carboxylic acids is 1. The zero-order valence-electron chi connectivity index (χ0n) is 12.2. The minimum Gasteiger partial charge on any atom is -0.481 e. The number of rotatable bonds is 8. The van der Waals surface area contributed by atoms with E-state index >= 15 is 0 Å². The van der Waals surface area contributed by atoms with Crippen molar-refractivity contribution >= 4 is 11.9 Å². The fourth-order valence-electron chi connectivity index (χ4n) is 2.93. The van der Waals surface area contributed by atoms with Crippen LogP contribution in [-0.4, -0.2) is 23.5 Å². The summed E-state index contributed by atoms with van der Waals surface area (Å²) in [5.41, 5.74) is -0.121. The predicted molar refractivity (Wildman–Crippen MR) is 74.9 cm³/mol. The highest BCUT2D eigenvalue weighted by atomic mass is 16.4. The molecule has 1 atom stereocenters. The largest absolute Gasteiger partial charge is 0.481 e. The van der Waals surface area contributed by atoms with Crippen LogP contribution >= 0.6 is 0 Å². The number of hydrogen-bond acceptors (Lipinski definition) is 2. The quantitative estimate of drug-likeness (QED) is 0.712. The van der Waals surface area contributed by atoms with Gasteiger partial charge in [-0.2, -0.15) is 0 Å². The van der Waals surface area contributed by atoms with E-state index in [0.29, 0.717) is 18.9 Å². The predicted octanol–water partition coefficient (Wildman–Crippen LogP) is 2.96. The van der Waals surface area contributed by atoms with Crippen molar-refractivity contribution in [1.82, 2.24) is 5.32 Å². The molecule has 0 bridgehead atoms. The van der Waals surface area contributed by atoms with Gasteiger partial charge in [0.1, 0.15) is 0 Å². The van der Waals surface area contributed by atoms with Gasteiger partial charge in [-0.05, 0) is 38.0 Å². The van der Waals surface area contributed by atoms with Gasteiger partial charge in [-0.3, -0.25) is 9.59 Å². The summed E-state index contributed by atoms with van der Waals surface area (Å²) in [4.78, 5) is 22.7. The van der Waals surface area contributed by atoms with Crippen LogP contribution in [0, 0.1) is 11.3 Å². The highest BCUT2D eigenvalue weighted by Gasteiger charge is 2.38. The highest BCUT2D eigenvalue weighted by molar-refractivity contribution is 5.82. The van der Waals surface area contributed by atoms with Gasteiger partial charge >= 0.3 is 5.97 Å². The molecule has 0 radical (unpaired) electrons. The fraction of sp³-hybridized carbons (Fsp3) is 0.867. The van der Waals surface area contributed by atoms with Gasteiger partial charge in [-0.25, -0.2) is 0 Å². The SMILES string of the molecule is CCC1(C(=O)NCCC(C)CCC(=O)O)CCCC1. The lowest BCUT2D eigenvalue weighted by molar-refractivity contribution is -0.137. The first-order valence-corrected chi connectivity index (χ1v) is 7.50. The Morgan fingerprint density at radius 1 is 1.26 bits per heavy atom. The third-order valence-electron chi connectivity index (χ3n) is 4.49. The normalized spacial score (nSPS) is 19.1. The molecule has 0 heterocycles. The van der Waals surface area contributed by atoms with Gasteiger partial charge < -0.3 is 10.4 Å². The third-order valence-corrected chi connectivity index (χ3v) is 4.49. The average molecular weight is 269 g/mol. The number of carbonyl (C=O) groups is 2. The molecule has 4 nitrogen and oxygen atoms in total. The third kappa shape index (κ3) is 4.84. The highest BCUT2D eigenvalue weighted by Crippen LogP contribution is 2.41. The first-order valence-electron chi connectivity index (χ1n) is 7.50. The van der Waals surface area contributed by atoms with Gasteiger partial charge in [-0.1, -0.05) is 26.7 Å². The Kier molecular flexibility index (Phi) is 6.32. The van der Waals surface area contributed by atoms with Crippen molar-refractivity contribution in [3.05, 3.63) is 0 Å². The van der Waals surface area contributed by atoms with Gasteiger partial charge in [0, 0.05) is 18.4 Å². The smallest absolute Gasteiger partial charge is 0.303 e. The first-order chi connectivity index (χ1) is 9.00. The van der Waals surface area contributed by atoms with Crippen LogP contribution in [0.25, 0.3) is 0 Å². The van der Waals surface area contributed by atoms with E-state index in [9.17, 15) is 9.59 Å². The molecule has 1 rings (SSSR count). The zero-order valence-corrected chi connectivity index (χ0v) is 12.2. The second kappa shape index (κ2) is 7.51. The summed E-state index contributed by atoms with van der Waals surface area (Å²) in [5, 5.41) is 11.7. The molecule has 1 aliphatic rings. The van der Waals surface area contributed by atoms with E-state index in [1.807, 2.05) is 6.92 Å². The molecule has 1 unspecified atom stereocenters. The van der Waals surface area contributed by atoms with Crippen molar-refractivity contribution in [2.45, 2.75) is 65.2 Å². The number of carbonyl (C=O) groups excluding carboxylic acids is 1. The first kappa shape index (κ1) is 16.0. The summed E-state index contributed by atoms with van der Waals surface area (Å²) < 4.78 is 0. The lowest BCUT2D eigenvalue weighted by Gasteiger charge is -2.26. The Balaban J connectivity index is 2.24. The van der Waals surface area contributed by atoms with Crippen molar-refractivity contribution in [2.24, 2.45) is 11.3 Å². The van der Waals surface area contributed by atoms with Crippen molar-refractivity contribution in [3.63, 3.8) is 0 Å². The molecular formula is C15H27NO3. The molecule has 0 saturated heterocycles. The maximum absolute atomic E-state index is 12.2. The average Bonchev–Trinajstić information content (AvgIpc) is 2.86. The maximum Gasteiger partial charge on any atom is 0.303 e. The van der Waals surface area contributed by atoms with Crippen LogP contribution in [0.5, 0.6) is 0 Å². The Morgan fingerprint density at radius 2 is 1.89 bits per heavy atom. The summed E-state index contributed by atoms with van der Waals surface area (Å²) >= 11 is 0. The lowest BCUT2D eigenvalue weighted by Crippen LogP contribution is -2.39. The molecule has 0 aromatic carbocycles. The Hall–Kier alpha value is -1.06. The maximum atomic E-state index is 12.2. The van der Waals surface area contributed by atoms with E-state index in [4.69, 9.17) is 5.11 Å². The van der Waals surface area contributed by atoms with Gasteiger partial charge in [0.2, 0.25) is 5.91 Å². The number of hydrogen-bond donors (Lipinski definition) is 2. The number of aliphatic carboxylic acids is 1. The number of amides is 1. The van der Waals surface area contributed by atoms with Gasteiger partial charge in [0.15, 0.2) is 0 Å². The summed E-state index contributed by atoms with van der Waals surface area (Å²) in [6.45, 7) is 4.81. The Labute approximate surface area is 116 Å². The van der Waals surface area contributed by atoms with Crippen molar-refractivity contribution in [3.8, 4) is 0 Å². The van der Waals surface area contributed by atoms with Gasteiger partial charge in [-0.15, -0.1) is 0 Å². The van der Waals surface area contributed by atoms with Crippen molar-refractivity contribution < 1.29 is 14.7 Å². The molecule has 0 aromatic rings. The van der Waals surface area contributed by atoms with E-state index in [-0.39, 0.29) is 17.7 Å². The van der Waals surface area contributed by atoms with E-state index in [0.717, 1.165) is 38.5 Å². The van der Waals surface area contributed by atoms with Crippen LogP contribution in [0.3, 0.4) is 0 Å². The summed E-state index contributed by atoms with van der Waals surface area (Å²) in [6.07, 6.45) is 7.05. The van der Waals surface area contributed by atoms with Crippen molar-refractivity contribution in [1.29, 1.82) is 0 Å². The molecule has 0 aromatic heterocycles. The monoisotopic (exact) mass is 269 g/mol. The topological polar surface area (TPSA) is 66.4 Å². The summed E-state index contributed by atoms with van der Waals surface area (Å²) in [5.74, 6) is -0.192. The Bertz CT molecular complexity index is 309. The summed E-state index contributed by atoms with van der Waals surface area (Å²) in [6, 6.07) is 0. The van der Waals surface area contributed by atoms with E-state index in [1.165, 1.54) is 0 Å². The van der Waals surface area contributed by atoms with Crippen molar-refractivity contribution in [2.75, 3.05) is 6.54 Å². The molecule has 1 saturated carbocycles. The van der Waals surface area contributed by atoms with Gasteiger partial charge in [0.25, 0.3) is 0 Å².